The highest BCUT2D eigenvalue weighted by Gasteiger charge is 2.20. The molecule has 2 rings (SSSR count). The maximum absolute atomic E-state index is 6.30. The van der Waals surface area contributed by atoms with Gasteiger partial charge in [0, 0.05) is 22.7 Å². The van der Waals surface area contributed by atoms with E-state index in [0.717, 1.165) is 48.0 Å². The molecule has 1 saturated heterocycles. The first kappa shape index (κ1) is 17.1. The first-order chi connectivity index (χ1) is 10.2. The molecule has 2 nitrogen and oxygen atoms in total. The van der Waals surface area contributed by atoms with Gasteiger partial charge in [-0.1, -0.05) is 30.1 Å². The molecule has 0 bridgehead atoms. The number of benzene rings is 1. The van der Waals surface area contributed by atoms with Crippen molar-refractivity contribution in [2.24, 2.45) is 0 Å². The topological polar surface area (TPSA) is 21.3 Å². The average molecular weight is 330 g/mol. The fourth-order valence-corrected chi connectivity index (χ4v) is 3.25. The number of hydrogen-bond acceptors (Lipinski definition) is 2. The van der Waals surface area contributed by atoms with Gasteiger partial charge in [-0.2, -0.15) is 0 Å². The van der Waals surface area contributed by atoms with Crippen molar-refractivity contribution < 1.29 is 4.74 Å². The first-order valence-corrected chi connectivity index (χ1v) is 8.73. The molecule has 0 aliphatic carbocycles. The van der Waals surface area contributed by atoms with Gasteiger partial charge in [-0.15, -0.1) is 0 Å². The van der Waals surface area contributed by atoms with Crippen LogP contribution in [0.2, 0.25) is 10.0 Å². The molecular formula is C17H25Cl2NO. The predicted octanol–water partition coefficient (Wildman–Crippen LogP) is 4.86. The number of ether oxygens (including phenoxy) is 1. The van der Waals surface area contributed by atoms with E-state index in [0.29, 0.717) is 12.1 Å². The quantitative estimate of drug-likeness (QED) is 0.771. The zero-order valence-electron chi connectivity index (χ0n) is 12.7. The van der Waals surface area contributed by atoms with Gasteiger partial charge < -0.3 is 10.1 Å². The van der Waals surface area contributed by atoms with Crippen molar-refractivity contribution in [2.45, 2.75) is 57.6 Å². The number of halogens is 2. The highest BCUT2D eigenvalue weighted by molar-refractivity contribution is 6.33. The maximum atomic E-state index is 6.30. The molecule has 0 saturated carbocycles. The van der Waals surface area contributed by atoms with E-state index < -0.39 is 0 Å². The van der Waals surface area contributed by atoms with Crippen molar-refractivity contribution in [3.05, 3.63) is 33.8 Å². The molecule has 0 radical (unpaired) electrons. The van der Waals surface area contributed by atoms with Gasteiger partial charge >= 0.3 is 0 Å². The molecule has 1 aliphatic rings. The lowest BCUT2D eigenvalue weighted by Gasteiger charge is -2.28. The minimum atomic E-state index is 0.381. The third kappa shape index (κ3) is 5.78. The van der Waals surface area contributed by atoms with Crippen molar-refractivity contribution >= 4 is 23.2 Å². The lowest BCUT2D eigenvalue weighted by Crippen LogP contribution is -2.36. The van der Waals surface area contributed by atoms with Crippen LogP contribution in [0, 0.1) is 0 Å². The Kier molecular flexibility index (Phi) is 7.31. The lowest BCUT2D eigenvalue weighted by atomic mass is 9.96. The average Bonchev–Trinajstić information content (AvgIpc) is 2.49. The Balaban J connectivity index is 1.98. The Morgan fingerprint density at radius 1 is 1.33 bits per heavy atom. The van der Waals surface area contributed by atoms with E-state index in [2.05, 4.69) is 12.2 Å². The fraction of sp³-hybridized carbons (Fsp3) is 0.647. The molecule has 1 aliphatic heterocycles. The van der Waals surface area contributed by atoms with Crippen molar-refractivity contribution in [3.63, 3.8) is 0 Å². The Morgan fingerprint density at radius 3 is 2.90 bits per heavy atom. The van der Waals surface area contributed by atoms with E-state index in [1.54, 1.807) is 0 Å². The SMILES string of the molecule is CCCNC(Cc1cc(Cl)ccc1Cl)CC1CCCCO1. The predicted molar refractivity (Wildman–Crippen MR) is 90.5 cm³/mol. The smallest absolute Gasteiger partial charge is 0.0590 e. The summed E-state index contributed by atoms with van der Waals surface area (Å²) in [6.07, 6.45) is 7.11. The summed E-state index contributed by atoms with van der Waals surface area (Å²) in [5.41, 5.74) is 1.12. The zero-order valence-corrected chi connectivity index (χ0v) is 14.2. The van der Waals surface area contributed by atoms with Gasteiger partial charge in [0.25, 0.3) is 0 Å². The van der Waals surface area contributed by atoms with Crippen molar-refractivity contribution in [2.75, 3.05) is 13.2 Å². The molecule has 0 amide bonds. The van der Waals surface area contributed by atoms with Gasteiger partial charge in [-0.25, -0.2) is 0 Å². The second-order valence-electron chi connectivity index (χ2n) is 5.82. The summed E-state index contributed by atoms with van der Waals surface area (Å²) >= 11 is 12.4. The summed E-state index contributed by atoms with van der Waals surface area (Å²) in [6.45, 7) is 4.12. The van der Waals surface area contributed by atoms with Crippen LogP contribution in [0.25, 0.3) is 0 Å². The largest absolute Gasteiger partial charge is 0.378 e. The summed E-state index contributed by atoms with van der Waals surface area (Å²) in [6, 6.07) is 6.09. The van der Waals surface area contributed by atoms with Crippen LogP contribution < -0.4 is 5.32 Å². The molecular weight excluding hydrogens is 305 g/mol. The lowest BCUT2D eigenvalue weighted by molar-refractivity contribution is 0.00526. The molecule has 2 unspecified atom stereocenters. The summed E-state index contributed by atoms with van der Waals surface area (Å²) in [7, 11) is 0. The fourth-order valence-electron chi connectivity index (χ4n) is 2.86. The molecule has 0 aromatic heterocycles. The summed E-state index contributed by atoms with van der Waals surface area (Å²) in [4.78, 5) is 0. The summed E-state index contributed by atoms with van der Waals surface area (Å²) < 4.78 is 5.88. The third-order valence-corrected chi connectivity index (χ3v) is 4.58. The minimum Gasteiger partial charge on any atom is -0.378 e. The van der Waals surface area contributed by atoms with Crippen LogP contribution in [0.1, 0.15) is 44.6 Å². The molecule has 4 heteroatoms. The molecule has 118 valence electrons. The normalized spacial score (nSPS) is 20.4. The second kappa shape index (κ2) is 8.99. The standard InChI is InChI=1S/C17H25Cl2NO/c1-2-8-20-15(12-16-5-3-4-9-21-16)11-13-10-14(18)6-7-17(13)19/h6-7,10,15-16,20H,2-5,8-9,11-12H2,1H3. The van der Waals surface area contributed by atoms with Gasteiger partial charge in [-0.05, 0) is 68.8 Å². The number of rotatable bonds is 7. The van der Waals surface area contributed by atoms with E-state index in [4.69, 9.17) is 27.9 Å². The van der Waals surface area contributed by atoms with Crippen LogP contribution >= 0.6 is 23.2 Å². The monoisotopic (exact) mass is 329 g/mol. The van der Waals surface area contributed by atoms with Gasteiger partial charge in [0.1, 0.15) is 0 Å². The van der Waals surface area contributed by atoms with Crippen molar-refractivity contribution in [1.29, 1.82) is 0 Å². The van der Waals surface area contributed by atoms with Gasteiger partial charge in [0.2, 0.25) is 0 Å². The van der Waals surface area contributed by atoms with Crippen LogP contribution in [0.3, 0.4) is 0 Å². The highest BCUT2D eigenvalue weighted by Crippen LogP contribution is 2.24. The molecule has 1 aromatic rings. The molecule has 0 spiro atoms. The van der Waals surface area contributed by atoms with Crippen LogP contribution in [0.5, 0.6) is 0 Å². The number of nitrogens with one attached hydrogen (secondary N) is 1. The van der Waals surface area contributed by atoms with E-state index >= 15 is 0 Å². The van der Waals surface area contributed by atoms with E-state index in [1.807, 2.05) is 18.2 Å². The molecule has 21 heavy (non-hydrogen) atoms. The van der Waals surface area contributed by atoms with Crippen LogP contribution in [-0.2, 0) is 11.2 Å². The van der Waals surface area contributed by atoms with Gasteiger partial charge in [0.15, 0.2) is 0 Å². The molecule has 1 fully saturated rings. The Labute approximate surface area is 138 Å². The van der Waals surface area contributed by atoms with Gasteiger partial charge in [-0.3, -0.25) is 0 Å². The summed E-state index contributed by atoms with van der Waals surface area (Å²) in [5, 5.41) is 5.18. The Morgan fingerprint density at radius 2 is 2.19 bits per heavy atom. The first-order valence-electron chi connectivity index (χ1n) is 7.98. The Hall–Kier alpha value is -0.280. The third-order valence-electron chi connectivity index (χ3n) is 3.98. The van der Waals surface area contributed by atoms with E-state index in [9.17, 15) is 0 Å². The second-order valence-corrected chi connectivity index (χ2v) is 6.66. The van der Waals surface area contributed by atoms with Crippen LogP contribution in [-0.4, -0.2) is 25.3 Å². The molecule has 1 aromatic carbocycles. The van der Waals surface area contributed by atoms with Crippen LogP contribution in [0.15, 0.2) is 18.2 Å². The molecule has 1 heterocycles. The minimum absolute atomic E-state index is 0.381. The van der Waals surface area contributed by atoms with Gasteiger partial charge in [0.05, 0.1) is 6.10 Å². The van der Waals surface area contributed by atoms with Crippen molar-refractivity contribution in [1.82, 2.24) is 5.32 Å². The summed E-state index contributed by atoms with van der Waals surface area (Å²) in [5.74, 6) is 0. The van der Waals surface area contributed by atoms with Crippen molar-refractivity contribution in [3.8, 4) is 0 Å². The zero-order chi connectivity index (χ0) is 15.1. The van der Waals surface area contributed by atoms with E-state index in [1.165, 1.54) is 19.3 Å². The molecule has 2 atom stereocenters. The number of hydrogen-bond donors (Lipinski definition) is 1. The maximum Gasteiger partial charge on any atom is 0.0590 e. The Bertz CT molecular complexity index is 433. The molecule has 1 N–H and O–H groups in total. The van der Waals surface area contributed by atoms with Crippen LogP contribution in [0.4, 0.5) is 0 Å². The van der Waals surface area contributed by atoms with E-state index in [-0.39, 0.29) is 0 Å². The highest BCUT2D eigenvalue weighted by atomic mass is 35.5.